The van der Waals surface area contributed by atoms with E-state index >= 15 is 0 Å². The molecule has 7 heteroatoms. The van der Waals surface area contributed by atoms with Crippen molar-refractivity contribution < 1.29 is 4.79 Å². The summed E-state index contributed by atoms with van der Waals surface area (Å²) in [6.07, 6.45) is 0.933. The zero-order valence-corrected chi connectivity index (χ0v) is 21.2. The predicted octanol–water partition coefficient (Wildman–Crippen LogP) is 4.32. The Hall–Kier alpha value is -3.42. The lowest BCUT2D eigenvalue weighted by molar-refractivity contribution is -0.120. The van der Waals surface area contributed by atoms with E-state index in [-0.39, 0.29) is 22.8 Å². The summed E-state index contributed by atoms with van der Waals surface area (Å²) >= 11 is 1.34. The molecule has 1 fully saturated rings. The van der Waals surface area contributed by atoms with Crippen LogP contribution in [0.25, 0.3) is 10.9 Å². The smallest absolute Gasteiger partial charge is 0.262 e. The van der Waals surface area contributed by atoms with Crippen LogP contribution in [0.1, 0.15) is 24.5 Å². The number of fused-ring (bicyclic) bond motifs is 1. The van der Waals surface area contributed by atoms with Crippen molar-refractivity contribution in [2.45, 2.75) is 42.9 Å². The van der Waals surface area contributed by atoms with Gasteiger partial charge in [-0.25, -0.2) is 4.98 Å². The quantitative estimate of drug-likeness (QED) is 0.290. The van der Waals surface area contributed by atoms with E-state index in [0.717, 1.165) is 31.6 Å². The molecule has 4 aromatic rings. The molecule has 1 N–H and O–H groups in total. The predicted molar refractivity (Wildman–Crippen MR) is 145 cm³/mol. The third-order valence-corrected chi connectivity index (χ3v) is 7.62. The topological polar surface area (TPSA) is 67.2 Å². The number of nitrogens with zero attached hydrogens (tertiary/aromatic N) is 3. The first-order valence-electron chi connectivity index (χ1n) is 12.3. The van der Waals surface area contributed by atoms with Gasteiger partial charge in [-0.3, -0.25) is 19.1 Å². The van der Waals surface area contributed by atoms with Gasteiger partial charge in [0.1, 0.15) is 0 Å². The number of likely N-dealkylation sites (tertiary alicyclic amines) is 1. The van der Waals surface area contributed by atoms with E-state index in [1.165, 1.54) is 17.3 Å². The van der Waals surface area contributed by atoms with Gasteiger partial charge in [-0.2, -0.15) is 0 Å². The van der Waals surface area contributed by atoms with E-state index in [2.05, 4.69) is 34.5 Å². The Bertz CT molecular complexity index is 1390. The maximum atomic E-state index is 13.4. The standard InChI is InChI=1S/C29H30N4O2S/c1-21(27(34)30-24-16-17-32(20-24)18-22-10-4-2-5-11-22)36-29-31-26-15-9-8-14-25(26)28(35)33(29)19-23-12-6-3-7-13-23/h2-15,21,24H,16-20H2,1H3,(H,30,34). The molecule has 184 valence electrons. The number of amides is 1. The van der Waals surface area contributed by atoms with Crippen molar-refractivity contribution in [3.63, 3.8) is 0 Å². The second kappa shape index (κ2) is 11.1. The van der Waals surface area contributed by atoms with Crippen LogP contribution < -0.4 is 10.9 Å². The molecule has 1 amide bonds. The summed E-state index contributed by atoms with van der Waals surface area (Å²) in [5, 5.41) is 3.97. The van der Waals surface area contributed by atoms with E-state index in [4.69, 9.17) is 4.98 Å². The molecule has 1 aliphatic heterocycles. The molecule has 2 heterocycles. The molecule has 6 nitrogen and oxygen atoms in total. The third kappa shape index (κ3) is 5.69. The fourth-order valence-corrected chi connectivity index (χ4v) is 5.53. The Kier molecular flexibility index (Phi) is 7.49. The van der Waals surface area contributed by atoms with E-state index in [9.17, 15) is 9.59 Å². The molecule has 2 unspecified atom stereocenters. The minimum absolute atomic E-state index is 0.0276. The zero-order chi connectivity index (χ0) is 24.9. The van der Waals surface area contributed by atoms with Gasteiger partial charge in [-0.15, -0.1) is 0 Å². The number of rotatable bonds is 8. The highest BCUT2D eigenvalue weighted by Gasteiger charge is 2.27. The second-order valence-corrected chi connectivity index (χ2v) is 10.6. The third-order valence-electron chi connectivity index (χ3n) is 6.53. The van der Waals surface area contributed by atoms with Crippen molar-refractivity contribution in [1.82, 2.24) is 19.8 Å². The van der Waals surface area contributed by atoms with Crippen molar-refractivity contribution in [3.8, 4) is 0 Å². The van der Waals surface area contributed by atoms with Gasteiger partial charge in [0.15, 0.2) is 5.16 Å². The monoisotopic (exact) mass is 498 g/mol. The van der Waals surface area contributed by atoms with Gasteiger partial charge in [0.2, 0.25) is 5.91 Å². The van der Waals surface area contributed by atoms with E-state index in [0.29, 0.717) is 22.6 Å². The average Bonchev–Trinajstić information content (AvgIpc) is 3.34. The molecular formula is C29H30N4O2S. The lowest BCUT2D eigenvalue weighted by Gasteiger charge is -2.19. The van der Waals surface area contributed by atoms with Crippen molar-refractivity contribution in [1.29, 1.82) is 0 Å². The lowest BCUT2D eigenvalue weighted by Crippen LogP contribution is -2.41. The van der Waals surface area contributed by atoms with Crippen LogP contribution in [0.3, 0.4) is 0 Å². The Morgan fingerprint density at radius 1 is 0.972 bits per heavy atom. The number of hydrogen-bond acceptors (Lipinski definition) is 5. The number of nitrogens with one attached hydrogen (secondary N) is 1. The molecule has 0 radical (unpaired) electrons. The fourth-order valence-electron chi connectivity index (χ4n) is 4.61. The Morgan fingerprint density at radius 3 is 2.33 bits per heavy atom. The SMILES string of the molecule is CC(Sc1nc2ccccc2c(=O)n1Cc1ccccc1)C(=O)NC1CCN(Cc2ccccc2)C1. The van der Waals surface area contributed by atoms with Crippen molar-refractivity contribution >= 4 is 28.6 Å². The van der Waals surface area contributed by atoms with Crippen LogP contribution in [0.5, 0.6) is 0 Å². The van der Waals surface area contributed by atoms with Crippen molar-refractivity contribution in [2.24, 2.45) is 0 Å². The fraction of sp³-hybridized carbons (Fsp3) is 0.276. The molecule has 5 rings (SSSR count). The number of carbonyl (C=O) groups excluding carboxylic acids is 1. The number of aromatic nitrogens is 2. The molecule has 2 atom stereocenters. The molecule has 0 aliphatic carbocycles. The number of benzene rings is 3. The van der Waals surface area contributed by atoms with E-state index < -0.39 is 0 Å². The van der Waals surface area contributed by atoms with Crippen LogP contribution in [0.2, 0.25) is 0 Å². The summed E-state index contributed by atoms with van der Waals surface area (Å²) in [6.45, 7) is 4.98. The molecule has 0 spiro atoms. The summed E-state index contributed by atoms with van der Waals surface area (Å²) in [5.74, 6) is -0.0276. The number of thioether (sulfide) groups is 1. The maximum absolute atomic E-state index is 13.4. The van der Waals surface area contributed by atoms with Gasteiger partial charge in [-0.1, -0.05) is 84.6 Å². The summed E-state index contributed by atoms with van der Waals surface area (Å²) in [6, 6.07) is 27.8. The van der Waals surface area contributed by atoms with Gasteiger partial charge >= 0.3 is 0 Å². The number of hydrogen-bond donors (Lipinski definition) is 1. The normalized spacial score (nSPS) is 16.8. The Morgan fingerprint density at radius 2 is 1.61 bits per heavy atom. The summed E-state index contributed by atoms with van der Waals surface area (Å²) < 4.78 is 1.68. The minimum atomic E-state index is -0.386. The molecule has 1 saturated heterocycles. The molecule has 1 aliphatic rings. The van der Waals surface area contributed by atoms with Gasteiger partial charge < -0.3 is 5.32 Å². The van der Waals surface area contributed by atoms with Crippen LogP contribution in [-0.2, 0) is 17.9 Å². The molecule has 36 heavy (non-hydrogen) atoms. The van der Waals surface area contributed by atoms with Crippen LogP contribution in [0.15, 0.2) is 94.9 Å². The highest BCUT2D eigenvalue weighted by atomic mass is 32.2. The lowest BCUT2D eigenvalue weighted by atomic mass is 10.2. The molecule has 0 saturated carbocycles. The molecule has 1 aromatic heterocycles. The average molecular weight is 499 g/mol. The summed E-state index contributed by atoms with van der Waals surface area (Å²) in [7, 11) is 0. The van der Waals surface area contributed by atoms with Crippen molar-refractivity contribution in [2.75, 3.05) is 13.1 Å². The first-order valence-corrected chi connectivity index (χ1v) is 13.2. The minimum Gasteiger partial charge on any atom is -0.351 e. The van der Waals surface area contributed by atoms with Crippen molar-refractivity contribution in [3.05, 3.63) is 106 Å². The first-order chi connectivity index (χ1) is 17.6. The van der Waals surface area contributed by atoms with Crippen LogP contribution >= 0.6 is 11.8 Å². The Balaban J connectivity index is 1.29. The largest absolute Gasteiger partial charge is 0.351 e. The second-order valence-electron chi connectivity index (χ2n) is 9.26. The molecular weight excluding hydrogens is 468 g/mol. The summed E-state index contributed by atoms with van der Waals surface area (Å²) in [5.41, 5.74) is 2.86. The van der Waals surface area contributed by atoms with Gasteiger partial charge in [0.05, 0.1) is 22.7 Å². The van der Waals surface area contributed by atoms with Crippen LogP contribution in [-0.4, -0.2) is 44.7 Å². The first kappa shape index (κ1) is 24.3. The van der Waals surface area contributed by atoms with Gasteiger partial charge in [-0.05, 0) is 36.6 Å². The van der Waals surface area contributed by atoms with E-state index in [1.807, 2.05) is 61.5 Å². The van der Waals surface area contributed by atoms with Gasteiger partial charge in [0.25, 0.3) is 5.56 Å². The highest BCUT2D eigenvalue weighted by Crippen LogP contribution is 2.24. The maximum Gasteiger partial charge on any atom is 0.262 e. The zero-order valence-electron chi connectivity index (χ0n) is 20.3. The molecule has 0 bridgehead atoms. The Labute approximate surface area is 215 Å². The molecule has 3 aromatic carbocycles. The van der Waals surface area contributed by atoms with Crippen LogP contribution in [0, 0.1) is 0 Å². The highest BCUT2D eigenvalue weighted by molar-refractivity contribution is 8.00. The number of carbonyl (C=O) groups is 1. The summed E-state index contributed by atoms with van der Waals surface area (Å²) in [4.78, 5) is 33.7. The van der Waals surface area contributed by atoms with Gasteiger partial charge in [0, 0.05) is 25.7 Å². The van der Waals surface area contributed by atoms with E-state index in [1.54, 1.807) is 10.6 Å². The van der Waals surface area contributed by atoms with Crippen LogP contribution in [0.4, 0.5) is 0 Å². The number of para-hydroxylation sites is 1.